The van der Waals surface area contributed by atoms with Gasteiger partial charge in [0.15, 0.2) is 0 Å². The van der Waals surface area contributed by atoms with Crippen molar-refractivity contribution >= 4 is 5.69 Å². The van der Waals surface area contributed by atoms with E-state index in [0.717, 1.165) is 38.5 Å². The topological polar surface area (TPSA) is 18.5 Å². The Bertz CT molecular complexity index is 404. The van der Waals surface area contributed by atoms with Gasteiger partial charge in [0.05, 0.1) is 6.67 Å². The number of hydrogen-bond acceptors (Lipinski definition) is 3. The molecule has 0 spiro atoms. The molecule has 1 aromatic rings. The summed E-state index contributed by atoms with van der Waals surface area (Å²) < 4.78 is 13.2. The van der Waals surface area contributed by atoms with Crippen molar-refractivity contribution < 1.29 is 4.39 Å². The first kappa shape index (κ1) is 11.9. The Morgan fingerprint density at radius 2 is 2.22 bits per heavy atom. The van der Waals surface area contributed by atoms with Gasteiger partial charge in [-0.1, -0.05) is 6.07 Å². The average molecular weight is 249 g/mol. The third kappa shape index (κ3) is 2.49. The molecule has 2 aliphatic heterocycles. The van der Waals surface area contributed by atoms with E-state index in [4.69, 9.17) is 0 Å². The Balaban J connectivity index is 1.64. The number of rotatable bonds is 2. The summed E-state index contributed by atoms with van der Waals surface area (Å²) in [6.45, 7) is 5.26. The first-order valence-electron chi connectivity index (χ1n) is 6.78. The maximum absolute atomic E-state index is 13.2. The normalized spacial score (nSPS) is 25.6. The first-order chi connectivity index (χ1) is 8.83. The number of piperidine rings is 1. The van der Waals surface area contributed by atoms with Crippen molar-refractivity contribution in [2.75, 3.05) is 37.7 Å². The Hall–Kier alpha value is -1.13. The second kappa shape index (κ2) is 5.24. The summed E-state index contributed by atoms with van der Waals surface area (Å²) in [4.78, 5) is 4.77. The zero-order chi connectivity index (χ0) is 12.4. The van der Waals surface area contributed by atoms with Gasteiger partial charge in [0.1, 0.15) is 5.82 Å². The van der Waals surface area contributed by atoms with E-state index in [1.165, 1.54) is 18.9 Å². The molecule has 3 rings (SSSR count). The lowest BCUT2D eigenvalue weighted by Gasteiger charge is -2.31. The Kier molecular flexibility index (Phi) is 3.48. The van der Waals surface area contributed by atoms with E-state index in [0.29, 0.717) is 6.04 Å². The molecule has 0 amide bonds. The molecule has 0 bridgehead atoms. The van der Waals surface area contributed by atoms with Gasteiger partial charge < -0.3 is 10.2 Å². The van der Waals surface area contributed by atoms with Crippen molar-refractivity contribution in [2.24, 2.45) is 0 Å². The second-order valence-electron chi connectivity index (χ2n) is 5.20. The molecule has 0 aliphatic carbocycles. The van der Waals surface area contributed by atoms with Crippen molar-refractivity contribution in [1.29, 1.82) is 0 Å². The van der Waals surface area contributed by atoms with E-state index in [-0.39, 0.29) is 5.82 Å². The molecule has 1 N–H and O–H groups in total. The van der Waals surface area contributed by atoms with E-state index >= 15 is 0 Å². The SMILES string of the molecule is Fc1cccc(N2CCN(C3CCCNC3)C2)c1. The zero-order valence-electron chi connectivity index (χ0n) is 10.6. The van der Waals surface area contributed by atoms with Gasteiger partial charge in [0.25, 0.3) is 0 Å². The van der Waals surface area contributed by atoms with Crippen LogP contribution in [-0.2, 0) is 0 Å². The zero-order valence-corrected chi connectivity index (χ0v) is 10.6. The standard InChI is InChI=1S/C14H20FN3/c15-12-3-1-4-13(9-12)17-7-8-18(11-17)14-5-2-6-16-10-14/h1,3-4,9,14,16H,2,5-8,10-11H2. The fourth-order valence-electron chi connectivity index (χ4n) is 2.94. The highest BCUT2D eigenvalue weighted by atomic mass is 19.1. The monoisotopic (exact) mass is 249 g/mol. The average Bonchev–Trinajstić information content (AvgIpc) is 2.89. The van der Waals surface area contributed by atoms with Crippen molar-refractivity contribution in [3.63, 3.8) is 0 Å². The molecule has 0 aromatic heterocycles. The van der Waals surface area contributed by atoms with E-state index < -0.39 is 0 Å². The number of benzene rings is 1. The number of halogens is 1. The van der Waals surface area contributed by atoms with Crippen LogP contribution in [0.5, 0.6) is 0 Å². The summed E-state index contributed by atoms with van der Waals surface area (Å²) >= 11 is 0. The van der Waals surface area contributed by atoms with Gasteiger partial charge in [0, 0.05) is 31.4 Å². The highest BCUT2D eigenvalue weighted by Crippen LogP contribution is 2.22. The minimum atomic E-state index is -0.148. The van der Waals surface area contributed by atoms with Crippen LogP contribution >= 0.6 is 0 Å². The van der Waals surface area contributed by atoms with Crippen molar-refractivity contribution in [2.45, 2.75) is 18.9 Å². The molecule has 2 fully saturated rings. The van der Waals surface area contributed by atoms with Gasteiger partial charge in [-0.15, -0.1) is 0 Å². The van der Waals surface area contributed by atoms with Crippen LogP contribution in [0.1, 0.15) is 12.8 Å². The second-order valence-corrected chi connectivity index (χ2v) is 5.20. The molecule has 98 valence electrons. The Morgan fingerprint density at radius 3 is 3.00 bits per heavy atom. The van der Waals surface area contributed by atoms with Crippen molar-refractivity contribution in [1.82, 2.24) is 10.2 Å². The minimum absolute atomic E-state index is 0.148. The van der Waals surface area contributed by atoms with Crippen LogP contribution in [0.2, 0.25) is 0 Å². The molecule has 1 unspecified atom stereocenters. The predicted molar refractivity (Wildman–Crippen MR) is 71.2 cm³/mol. The lowest BCUT2D eigenvalue weighted by Crippen LogP contribution is -2.45. The van der Waals surface area contributed by atoms with Crippen LogP contribution in [0.15, 0.2) is 24.3 Å². The highest BCUT2D eigenvalue weighted by molar-refractivity contribution is 5.47. The van der Waals surface area contributed by atoms with Crippen molar-refractivity contribution in [3.05, 3.63) is 30.1 Å². The van der Waals surface area contributed by atoms with Crippen LogP contribution in [-0.4, -0.2) is 43.8 Å². The molecular weight excluding hydrogens is 229 g/mol. The molecular formula is C14H20FN3. The summed E-state index contributed by atoms with van der Waals surface area (Å²) in [6.07, 6.45) is 2.55. The van der Waals surface area contributed by atoms with E-state index in [9.17, 15) is 4.39 Å². The number of nitrogens with zero attached hydrogens (tertiary/aromatic N) is 2. The van der Waals surface area contributed by atoms with E-state index in [1.54, 1.807) is 12.1 Å². The summed E-state index contributed by atoms with van der Waals surface area (Å²) in [7, 11) is 0. The largest absolute Gasteiger partial charge is 0.357 e. The smallest absolute Gasteiger partial charge is 0.125 e. The third-order valence-corrected chi connectivity index (χ3v) is 3.97. The summed E-state index contributed by atoms with van der Waals surface area (Å²) in [5, 5.41) is 3.46. The van der Waals surface area contributed by atoms with Crippen molar-refractivity contribution in [3.8, 4) is 0 Å². The molecule has 18 heavy (non-hydrogen) atoms. The summed E-state index contributed by atoms with van der Waals surface area (Å²) in [5.74, 6) is -0.148. The minimum Gasteiger partial charge on any atom is -0.357 e. The van der Waals surface area contributed by atoms with Crippen LogP contribution in [0, 0.1) is 5.82 Å². The molecule has 3 nitrogen and oxygen atoms in total. The first-order valence-corrected chi connectivity index (χ1v) is 6.78. The lowest BCUT2D eigenvalue weighted by atomic mass is 10.1. The number of nitrogens with one attached hydrogen (secondary N) is 1. The fraction of sp³-hybridized carbons (Fsp3) is 0.571. The van der Waals surface area contributed by atoms with Gasteiger partial charge in [-0.05, 0) is 37.6 Å². The van der Waals surface area contributed by atoms with Gasteiger partial charge in [-0.3, -0.25) is 4.90 Å². The fourth-order valence-corrected chi connectivity index (χ4v) is 2.94. The van der Waals surface area contributed by atoms with Gasteiger partial charge in [-0.25, -0.2) is 4.39 Å². The molecule has 0 saturated carbocycles. The van der Waals surface area contributed by atoms with Gasteiger partial charge in [-0.2, -0.15) is 0 Å². The number of hydrogen-bond donors (Lipinski definition) is 1. The maximum Gasteiger partial charge on any atom is 0.125 e. The molecule has 2 heterocycles. The Labute approximate surface area is 108 Å². The van der Waals surface area contributed by atoms with E-state index in [2.05, 4.69) is 15.1 Å². The molecule has 4 heteroatoms. The molecule has 2 aliphatic rings. The van der Waals surface area contributed by atoms with Crippen LogP contribution in [0.25, 0.3) is 0 Å². The molecule has 0 radical (unpaired) electrons. The summed E-state index contributed by atoms with van der Waals surface area (Å²) in [6, 6.07) is 7.56. The predicted octanol–water partition coefficient (Wildman–Crippen LogP) is 1.66. The maximum atomic E-state index is 13.2. The van der Waals surface area contributed by atoms with Crippen LogP contribution in [0.4, 0.5) is 10.1 Å². The molecule has 1 atom stereocenters. The molecule has 2 saturated heterocycles. The van der Waals surface area contributed by atoms with Crippen LogP contribution in [0.3, 0.4) is 0 Å². The third-order valence-electron chi connectivity index (χ3n) is 3.97. The van der Waals surface area contributed by atoms with Gasteiger partial charge in [0.2, 0.25) is 0 Å². The summed E-state index contributed by atoms with van der Waals surface area (Å²) in [5.41, 5.74) is 1.00. The van der Waals surface area contributed by atoms with E-state index in [1.807, 2.05) is 6.07 Å². The van der Waals surface area contributed by atoms with Crippen LogP contribution < -0.4 is 10.2 Å². The lowest BCUT2D eigenvalue weighted by molar-refractivity contribution is 0.204. The molecule has 1 aromatic carbocycles. The highest BCUT2D eigenvalue weighted by Gasteiger charge is 2.27. The quantitative estimate of drug-likeness (QED) is 0.860. The van der Waals surface area contributed by atoms with Gasteiger partial charge >= 0.3 is 0 Å². The Morgan fingerprint density at radius 1 is 1.28 bits per heavy atom. The number of anilines is 1.